The van der Waals surface area contributed by atoms with E-state index < -0.39 is 0 Å². The number of benzene rings is 7. The van der Waals surface area contributed by atoms with E-state index in [-0.39, 0.29) is 0 Å². The van der Waals surface area contributed by atoms with Gasteiger partial charge in [-0.25, -0.2) is 0 Å². The number of hydrogen-bond acceptors (Lipinski definition) is 2. The molecule has 3 aromatic heterocycles. The van der Waals surface area contributed by atoms with Crippen molar-refractivity contribution in [2.24, 2.45) is 0 Å². The second-order valence-corrected chi connectivity index (χ2v) is 13.2. The van der Waals surface area contributed by atoms with Crippen molar-refractivity contribution in [1.82, 2.24) is 4.57 Å². The van der Waals surface area contributed by atoms with Gasteiger partial charge in [0, 0.05) is 43.6 Å². The van der Waals surface area contributed by atoms with Crippen molar-refractivity contribution in [3.8, 4) is 27.9 Å². The number of para-hydroxylation sites is 3. The van der Waals surface area contributed by atoms with E-state index in [1.807, 2.05) is 37.3 Å². The molecule has 3 heteroatoms. The van der Waals surface area contributed by atoms with Gasteiger partial charge in [0.05, 0.1) is 16.6 Å². The maximum Gasteiger partial charge on any atom is 0.147 e. The van der Waals surface area contributed by atoms with Gasteiger partial charge in [-0.15, -0.1) is 0 Å². The molecular weight excluding hydrogens is 635 g/mol. The molecule has 0 aliphatic carbocycles. The maximum absolute atomic E-state index is 6.91. The molecule has 10 aromatic rings. The zero-order chi connectivity index (χ0) is 34.8. The van der Waals surface area contributed by atoms with Crippen LogP contribution in [-0.4, -0.2) is 4.57 Å². The molecule has 0 aliphatic heterocycles. The van der Waals surface area contributed by atoms with Crippen LogP contribution in [0.3, 0.4) is 0 Å². The van der Waals surface area contributed by atoms with Crippen LogP contribution < -0.4 is 0 Å². The first-order valence-corrected chi connectivity index (χ1v) is 17.7. The molecule has 0 radical (unpaired) electrons. The highest BCUT2D eigenvalue weighted by Gasteiger charge is 2.27. The highest BCUT2D eigenvalue weighted by molar-refractivity contribution is 6.28. The van der Waals surface area contributed by atoms with Crippen LogP contribution in [0, 0.1) is 0 Å². The summed E-state index contributed by atoms with van der Waals surface area (Å²) in [6, 6.07) is 51.4. The number of allylic oxidation sites excluding steroid dienone is 5. The van der Waals surface area contributed by atoms with Gasteiger partial charge in [-0.1, -0.05) is 128 Å². The second kappa shape index (κ2) is 11.9. The van der Waals surface area contributed by atoms with E-state index in [0.717, 1.165) is 83.0 Å². The van der Waals surface area contributed by atoms with Crippen LogP contribution in [0.5, 0.6) is 0 Å². The van der Waals surface area contributed by atoms with Crippen molar-refractivity contribution in [1.29, 1.82) is 0 Å². The Bertz CT molecular complexity index is 3080. The van der Waals surface area contributed by atoms with Crippen LogP contribution in [0.2, 0.25) is 0 Å². The number of rotatable bonds is 6. The highest BCUT2D eigenvalue weighted by Crippen LogP contribution is 2.50. The standard InChI is InChI=1S/C49H33NO2/c1-3-5-16-31(4-2)44-46-37-22-13-15-24-42(37)51-48(46)45(32-17-8-6-9-18-32)49-47(44)39-30-34(26-28-43(39)52-49)33-25-27-41-38(29-33)36-21-12-14-23-40(36)50(41)35-19-10-7-11-20-35/h3-30H,2H2,1H3/b5-3-,31-16+. The van der Waals surface area contributed by atoms with E-state index in [1.165, 1.54) is 21.8 Å². The van der Waals surface area contributed by atoms with Crippen LogP contribution in [0.4, 0.5) is 0 Å². The van der Waals surface area contributed by atoms with E-state index >= 15 is 0 Å². The Labute approximate surface area is 300 Å². The topological polar surface area (TPSA) is 31.2 Å². The molecule has 0 aliphatic rings. The molecule has 0 spiro atoms. The largest absolute Gasteiger partial charge is 0.455 e. The lowest BCUT2D eigenvalue weighted by atomic mass is 9.89. The summed E-state index contributed by atoms with van der Waals surface area (Å²) in [5.74, 6) is 0. The van der Waals surface area contributed by atoms with Crippen LogP contribution in [-0.2, 0) is 0 Å². The number of nitrogens with zero attached hydrogens (tertiary/aromatic N) is 1. The zero-order valence-electron chi connectivity index (χ0n) is 28.6. The van der Waals surface area contributed by atoms with Gasteiger partial charge in [0.15, 0.2) is 0 Å². The van der Waals surface area contributed by atoms with Gasteiger partial charge in [-0.3, -0.25) is 0 Å². The third-order valence-corrected chi connectivity index (χ3v) is 10.3. The molecule has 0 saturated heterocycles. The lowest BCUT2D eigenvalue weighted by Gasteiger charge is -2.12. The first-order chi connectivity index (χ1) is 25.7. The summed E-state index contributed by atoms with van der Waals surface area (Å²) in [7, 11) is 0. The van der Waals surface area contributed by atoms with Crippen molar-refractivity contribution in [3.63, 3.8) is 0 Å². The molecule has 246 valence electrons. The smallest absolute Gasteiger partial charge is 0.147 e. The van der Waals surface area contributed by atoms with Crippen molar-refractivity contribution >= 4 is 71.3 Å². The average Bonchev–Trinajstić information content (AvgIpc) is 3.88. The van der Waals surface area contributed by atoms with Crippen molar-refractivity contribution < 1.29 is 8.83 Å². The molecule has 7 aromatic carbocycles. The second-order valence-electron chi connectivity index (χ2n) is 13.2. The summed E-state index contributed by atoms with van der Waals surface area (Å²) in [6.45, 7) is 6.32. The Morgan fingerprint density at radius 2 is 1.15 bits per heavy atom. The Balaban J connectivity index is 1.30. The summed E-state index contributed by atoms with van der Waals surface area (Å²) in [6.07, 6.45) is 8.18. The predicted molar refractivity (Wildman–Crippen MR) is 219 cm³/mol. The minimum Gasteiger partial charge on any atom is -0.455 e. The minimum absolute atomic E-state index is 0.800. The van der Waals surface area contributed by atoms with Gasteiger partial charge in [-0.2, -0.15) is 0 Å². The van der Waals surface area contributed by atoms with E-state index in [2.05, 4.69) is 151 Å². The summed E-state index contributed by atoms with van der Waals surface area (Å²) in [5, 5.41) is 6.66. The van der Waals surface area contributed by atoms with Gasteiger partial charge >= 0.3 is 0 Å². The van der Waals surface area contributed by atoms with Gasteiger partial charge in [-0.05, 0) is 77.7 Å². The highest BCUT2D eigenvalue weighted by atomic mass is 16.3. The number of aromatic nitrogens is 1. The Morgan fingerprint density at radius 1 is 0.558 bits per heavy atom. The third kappa shape index (κ3) is 4.46. The van der Waals surface area contributed by atoms with Crippen LogP contribution in [0.1, 0.15) is 12.5 Å². The lowest BCUT2D eigenvalue weighted by Crippen LogP contribution is -1.92. The van der Waals surface area contributed by atoms with Crippen molar-refractivity contribution in [2.45, 2.75) is 6.92 Å². The SMILES string of the molecule is C=C/C(=C\C=C/C)c1c2c(oc3ccccc32)c(-c2ccccc2)c2oc3ccc(-c4ccc5c(c4)c4ccccc4n5-c4ccccc4)cc3c12. The summed E-state index contributed by atoms with van der Waals surface area (Å²) >= 11 is 0. The fraction of sp³-hybridized carbons (Fsp3) is 0.0204. The zero-order valence-corrected chi connectivity index (χ0v) is 28.6. The summed E-state index contributed by atoms with van der Waals surface area (Å²) in [5.41, 5.74) is 13.1. The number of hydrogen-bond donors (Lipinski definition) is 0. The molecule has 0 saturated carbocycles. The number of furan rings is 2. The fourth-order valence-electron chi connectivity index (χ4n) is 8.02. The predicted octanol–water partition coefficient (Wildman–Crippen LogP) is 14.1. The van der Waals surface area contributed by atoms with E-state index in [9.17, 15) is 0 Å². The quantitative estimate of drug-likeness (QED) is 0.165. The van der Waals surface area contributed by atoms with E-state index in [4.69, 9.17) is 8.83 Å². The molecular formula is C49H33NO2. The number of fused-ring (bicyclic) bond motifs is 9. The molecule has 0 unspecified atom stereocenters. The van der Waals surface area contributed by atoms with Gasteiger partial charge in [0.25, 0.3) is 0 Å². The first kappa shape index (κ1) is 30.0. The Morgan fingerprint density at radius 3 is 1.90 bits per heavy atom. The van der Waals surface area contributed by atoms with Crippen molar-refractivity contribution in [3.05, 3.63) is 182 Å². The van der Waals surface area contributed by atoms with Gasteiger partial charge in [0.2, 0.25) is 0 Å². The lowest BCUT2D eigenvalue weighted by molar-refractivity contribution is 0.658. The van der Waals surface area contributed by atoms with Crippen LogP contribution in [0.15, 0.2) is 185 Å². The molecule has 0 bridgehead atoms. The molecule has 0 atom stereocenters. The molecule has 0 fully saturated rings. The van der Waals surface area contributed by atoms with Gasteiger partial charge in [0.1, 0.15) is 22.3 Å². The fourth-order valence-corrected chi connectivity index (χ4v) is 8.02. The average molecular weight is 668 g/mol. The Hall–Kier alpha value is -6.84. The van der Waals surface area contributed by atoms with E-state index in [0.29, 0.717) is 0 Å². The third-order valence-electron chi connectivity index (χ3n) is 10.3. The Kier molecular flexibility index (Phi) is 6.87. The maximum atomic E-state index is 6.91. The van der Waals surface area contributed by atoms with Gasteiger partial charge < -0.3 is 13.4 Å². The molecule has 52 heavy (non-hydrogen) atoms. The minimum atomic E-state index is 0.800. The molecule has 3 heterocycles. The first-order valence-electron chi connectivity index (χ1n) is 17.7. The van der Waals surface area contributed by atoms with Crippen LogP contribution in [0.25, 0.3) is 99.2 Å². The summed E-state index contributed by atoms with van der Waals surface area (Å²) in [4.78, 5) is 0. The summed E-state index contributed by atoms with van der Waals surface area (Å²) < 4.78 is 16.0. The monoisotopic (exact) mass is 667 g/mol. The van der Waals surface area contributed by atoms with E-state index in [1.54, 1.807) is 0 Å². The normalized spacial score (nSPS) is 12.4. The van der Waals surface area contributed by atoms with Crippen LogP contribution >= 0.6 is 0 Å². The molecule has 0 N–H and O–H groups in total. The molecule has 3 nitrogen and oxygen atoms in total. The molecule has 10 rings (SSSR count). The molecule has 0 amide bonds. The van der Waals surface area contributed by atoms with Crippen molar-refractivity contribution in [2.75, 3.05) is 0 Å².